The molecule has 2 bridgehead atoms. The van der Waals surface area contributed by atoms with Gasteiger partial charge in [-0.3, -0.25) is 4.90 Å². The zero-order valence-corrected chi connectivity index (χ0v) is 12.0. The van der Waals surface area contributed by atoms with Gasteiger partial charge in [0.1, 0.15) is 5.75 Å². The third kappa shape index (κ3) is 1.29. The first kappa shape index (κ1) is 11.6. The second-order valence-corrected chi connectivity index (χ2v) is 7.31. The van der Waals surface area contributed by atoms with Crippen LogP contribution in [0.5, 0.6) is 5.75 Å². The van der Waals surface area contributed by atoms with Gasteiger partial charge in [-0.1, -0.05) is 25.0 Å². The Kier molecular flexibility index (Phi) is 2.33. The van der Waals surface area contributed by atoms with E-state index >= 15 is 0 Å². The summed E-state index contributed by atoms with van der Waals surface area (Å²) in [5.41, 5.74) is 2.81. The Hall–Kier alpha value is -1.02. The van der Waals surface area contributed by atoms with Gasteiger partial charge >= 0.3 is 0 Å². The van der Waals surface area contributed by atoms with E-state index in [-0.39, 0.29) is 0 Å². The van der Waals surface area contributed by atoms with Gasteiger partial charge in [-0.2, -0.15) is 0 Å². The molecule has 1 aromatic carbocycles. The van der Waals surface area contributed by atoms with Crippen molar-refractivity contribution in [1.82, 2.24) is 4.90 Å². The van der Waals surface area contributed by atoms with Crippen LogP contribution in [0.15, 0.2) is 18.2 Å². The second-order valence-electron chi connectivity index (χ2n) is 7.31. The predicted molar refractivity (Wildman–Crippen MR) is 78.8 cm³/mol. The predicted octanol–water partition coefficient (Wildman–Crippen LogP) is 3.81. The molecule has 2 heteroatoms. The first-order valence-corrected chi connectivity index (χ1v) is 8.44. The lowest BCUT2D eigenvalue weighted by Crippen LogP contribution is -2.58. The molecule has 1 aromatic rings. The summed E-state index contributed by atoms with van der Waals surface area (Å²) in [6.07, 6.45) is 8.29. The molecule has 0 amide bonds. The topological polar surface area (TPSA) is 23.5 Å². The number of rotatable bonds is 0. The fourth-order valence-corrected chi connectivity index (χ4v) is 6.10. The van der Waals surface area contributed by atoms with Gasteiger partial charge in [0.2, 0.25) is 0 Å². The van der Waals surface area contributed by atoms with Crippen molar-refractivity contribution in [2.24, 2.45) is 11.8 Å². The van der Waals surface area contributed by atoms with Gasteiger partial charge < -0.3 is 5.11 Å². The van der Waals surface area contributed by atoms with E-state index in [1.54, 1.807) is 0 Å². The van der Waals surface area contributed by atoms with Gasteiger partial charge in [0.25, 0.3) is 0 Å². The van der Waals surface area contributed by atoms with Crippen LogP contribution in [0.1, 0.15) is 61.6 Å². The molecule has 3 fully saturated rings. The van der Waals surface area contributed by atoms with E-state index < -0.39 is 0 Å². The Morgan fingerprint density at radius 2 is 1.90 bits per heavy atom. The van der Waals surface area contributed by atoms with Crippen molar-refractivity contribution in [2.45, 2.75) is 56.5 Å². The quantitative estimate of drug-likeness (QED) is 0.774. The van der Waals surface area contributed by atoms with Crippen molar-refractivity contribution >= 4 is 0 Å². The summed E-state index contributed by atoms with van der Waals surface area (Å²) in [5, 5.41) is 10.5. The molecule has 3 heterocycles. The first-order valence-electron chi connectivity index (χ1n) is 8.44. The minimum Gasteiger partial charge on any atom is -0.508 e. The van der Waals surface area contributed by atoms with Gasteiger partial charge in [-0.15, -0.1) is 0 Å². The molecule has 3 aliphatic heterocycles. The highest BCUT2D eigenvalue weighted by molar-refractivity contribution is 5.49. The number of piperidine rings is 2. The van der Waals surface area contributed by atoms with Gasteiger partial charge in [0.05, 0.1) is 0 Å². The standard InChI is InChI=1S/C18H23NO/c20-15-9-4-7-13-17(15)16-11-5-3-6-12(11)18(13)19-10-2-1-8-14(16)19/h4,7,9,11-12,14,16,18,20H,1-3,5-6,8,10H2/t11-,12+,14-,16+,18+/m1/s1. The Bertz CT molecular complexity index is 554. The summed E-state index contributed by atoms with van der Waals surface area (Å²) in [4.78, 5) is 2.82. The highest BCUT2D eigenvalue weighted by atomic mass is 16.3. The van der Waals surface area contributed by atoms with Crippen molar-refractivity contribution in [2.75, 3.05) is 6.54 Å². The number of benzene rings is 1. The van der Waals surface area contributed by atoms with Crippen LogP contribution in [0, 0.1) is 11.8 Å². The molecular formula is C18H23NO. The molecule has 1 N–H and O–H groups in total. The van der Waals surface area contributed by atoms with Crippen LogP contribution < -0.4 is 0 Å². The zero-order valence-electron chi connectivity index (χ0n) is 12.0. The second kappa shape index (κ2) is 4.00. The summed E-state index contributed by atoms with van der Waals surface area (Å²) in [5.74, 6) is 2.90. The Labute approximate surface area is 120 Å². The zero-order chi connectivity index (χ0) is 13.3. The molecule has 0 radical (unpaired) electrons. The van der Waals surface area contributed by atoms with Gasteiger partial charge in [-0.25, -0.2) is 0 Å². The van der Waals surface area contributed by atoms with Crippen LogP contribution in [-0.2, 0) is 0 Å². The third-order valence-electron chi connectivity index (χ3n) is 6.62. The minimum absolute atomic E-state index is 0.577. The lowest BCUT2D eigenvalue weighted by molar-refractivity contribution is -0.0449. The van der Waals surface area contributed by atoms with Gasteiger partial charge in [0, 0.05) is 23.6 Å². The van der Waals surface area contributed by atoms with Crippen molar-refractivity contribution in [3.05, 3.63) is 29.3 Å². The Morgan fingerprint density at radius 1 is 1.00 bits per heavy atom. The summed E-state index contributed by atoms with van der Waals surface area (Å²) in [7, 11) is 0. The van der Waals surface area contributed by atoms with Gasteiger partial charge in [0.15, 0.2) is 0 Å². The highest BCUT2D eigenvalue weighted by Crippen LogP contribution is 2.63. The minimum atomic E-state index is 0.577. The summed E-state index contributed by atoms with van der Waals surface area (Å²) >= 11 is 0. The SMILES string of the molecule is Oc1cccc2c1[C@H]1[C@@H]3CCC[C@@H]3[C@@H]2N2CCCC[C@H]12. The van der Waals surface area contributed by atoms with E-state index in [4.69, 9.17) is 0 Å². The number of phenolic OH excluding ortho intramolecular Hbond substituents is 1. The van der Waals surface area contributed by atoms with Crippen LogP contribution in [0.4, 0.5) is 0 Å². The van der Waals surface area contributed by atoms with Crippen LogP contribution in [-0.4, -0.2) is 22.6 Å². The van der Waals surface area contributed by atoms with E-state index in [1.807, 2.05) is 6.07 Å². The van der Waals surface area contributed by atoms with Crippen molar-refractivity contribution < 1.29 is 5.11 Å². The third-order valence-corrected chi connectivity index (χ3v) is 6.62. The monoisotopic (exact) mass is 269 g/mol. The van der Waals surface area contributed by atoms with E-state index in [0.29, 0.717) is 23.8 Å². The first-order chi connectivity index (χ1) is 9.86. The maximum atomic E-state index is 10.5. The van der Waals surface area contributed by atoms with Crippen molar-refractivity contribution in [3.8, 4) is 5.75 Å². The van der Waals surface area contributed by atoms with Gasteiger partial charge in [-0.05, 0) is 55.7 Å². The molecule has 2 saturated heterocycles. The number of hydrogen-bond donors (Lipinski definition) is 1. The summed E-state index contributed by atoms with van der Waals surface area (Å²) in [6, 6.07) is 7.59. The van der Waals surface area contributed by atoms with E-state index in [2.05, 4.69) is 17.0 Å². The summed E-state index contributed by atoms with van der Waals surface area (Å²) < 4.78 is 0. The average Bonchev–Trinajstić information content (AvgIpc) is 2.97. The molecule has 0 aromatic heterocycles. The van der Waals surface area contributed by atoms with Crippen LogP contribution >= 0.6 is 0 Å². The Balaban J connectivity index is 1.74. The molecular weight excluding hydrogens is 246 g/mol. The van der Waals surface area contributed by atoms with Crippen molar-refractivity contribution in [1.29, 1.82) is 0 Å². The fourth-order valence-electron chi connectivity index (χ4n) is 6.10. The lowest BCUT2D eigenvalue weighted by atomic mass is 9.59. The molecule has 20 heavy (non-hydrogen) atoms. The maximum Gasteiger partial charge on any atom is 0.119 e. The highest BCUT2D eigenvalue weighted by Gasteiger charge is 2.57. The molecule has 6 rings (SSSR count). The number of phenols is 1. The molecule has 2 nitrogen and oxygen atoms in total. The van der Waals surface area contributed by atoms with E-state index in [0.717, 1.165) is 11.8 Å². The molecule has 0 unspecified atom stereocenters. The number of aromatic hydroxyl groups is 1. The average molecular weight is 269 g/mol. The van der Waals surface area contributed by atoms with Crippen LogP contribution in [0.2, 0.25) is 0 Å². The lowest BCUT2D eigenvalue weighted by Gasteiger charge is -2.59. The summed E-state index contributed by atoms with van der Waals surface area (Å²) in [6.45, 7) is 1.28. The van der Waals surface area contributed by atoms with E-state index in [9.17, 15) is 5.11 Å². The maximum absolute atomic E-state index is 10.5. The largest absolute Gasteiger partial charge is 0.508 e. The smallest absolute Gasteiger partial charge is 0.119 e. The molecule has 1 saturated carbocycles. The Morgan fingerprint density at radius 3 is 2.85 bits per heavy atom. The van der Waals surface area contributed by atoms with Crippen LogP contribution in [0.25, 0.3) is 0 Å². The van der Waals surface area contributed by atoms with Crippen LogP contribution in [0.3, 0.4) is 0 Å². The normalized spacial score (nSPS) is 42.1. The molecule has 5 atom stereocenters. The number of hydrogen-bond acceptors (Lipinski definition) is 2. The number of nitrogens with zero attached hydrogens (tertiary/aromatic N) is 1. The van der Waals surface area contributed by atoms with Crippen molar-refractivity contribution in [3.63, 3.8) is 0 Å². The van der Waals surface area contributed by atoms with E-state index in [1.165, 1.54) is 56.2 Å². The molecule has 5 aliphatic rings. The molecule has 0 spiro atoms. The molecule has 2 aliphatic carbocycles. The molecule has 106 valence electrons. The fraction of sp³-hybridized carbons (Fsp3) is 0.667.